The summed E-state index contributed by atoms with van der Waals surface area (Å²) in [6.07, 6.45) is 7.77. The summed E-state index contributed by atoms with van der Waals surface area (Å²) in [5, 5.41) is 14.2. The van der Waals surface area contributed by atoms with Crippen LogP contribution >= 0.6 is 0 Å². The van der Waals surface area contributed by atoms with Crippen LogP contribution in [0, 0.1) is 5.92 Å². The standard InChI is InChI=1S/C18H28N2O4/c1-4-12(2)13(3)17(22)20-15(18(23)24)11-19-16(21)10-14-8-6-5-7-9-14/h4,14-15H,3,5-11H2,1-2H3,(H,19,21)(H,20,22)(H,23,24). The third-order valence-corrected chi connectivity index (χ3v) is 4.49. The summed E-state index contributed by atoms with van der Waals surface area (Å²) in [5.41, 5.74) is 0.898. The molecule has 0 aromatic heterocycles. The van der Waals surface area contributed by atoms with Gasteiger partial charge in [0, 0.05) is 18.5 Å². The third-order valence-electron chi connectivity index (χ3n) is 4.49. The summed E-state index contributed by atoms with van der Waals surface area (Å²) in [4.78, 5) is 35.3. The van der Waals surface area contributed by atoms with Crippen LogP contribution < -0.4 is 10.6 Å². The molecule has 6 nitrogen and oxygen atoms in total. The van der Waals surface area contributed by atoms with Crippen LogP contribution in [0.4, 0.5) is 0 Å². The van der Waals surface area contributed by atoms with Crippen LogP contribution in [0.1, 0.15) is 52.4 Å². The molecule has 1 fully saturated rings. The first-order valence-electron chi connectivity index (χ1n) is 8.47. The van der Waals surface area contributed by atoms with E-state index in [1.54, 1.807) is 19.9 Å². The molecule has 6 heteroatoms. The fourth-order valence-electron chi connectivity index (χ4n) is 2.74. The maximum atomic E-state index is 12.0. The average Bonchev–Trinajstić information content (AvgIpc) is 2.57. The van der Waals surface area contributed by atoms with Gasteiger partial charge in [0.25, 0.3) is 5.91 Å². The number of allylic oxidation sites excluding steroid dienone is 1. The Balaban J connectivity index is 2.48. The second-order valence-electron chi connectivity index (χ2n) is 6.33. The highest BCUT2D eigenvalue weighted by Crippen LogP contribution is 2.25. The van der Waals surface area contributed by atoms with E-state index in [9.17, 15) is 19.5 Å². The lowest BCUT2D eigenvalue weighted by Gasteiger charge is -2.21. The molecule has 24 heavy (non-hydrogen) atoms. The van der Waals surface area contributed by atoms with Gasteiger partial charge in [-0.3, -0.25) is 9.59 Å². The zero-order valence-electron chi connectivity index (χ0n) is 14.6. The third kappa shape index (κ3) is 6.56. The summed E-state index contributed by atoms with van der Waals surface area (Å²) in [6, 6.07) is -1.17. The Morgan fingerprint density at radius 2 is 1.88 bits per heavy atom. The Kier molecular flexibility index (Phi) is 8.22. The molecule has 1 aliphatic carbocycles. The van der Waals surface area contributed by atoms with Crippen molar-refractivity contribution in [3.05, 3.63) is 23.8 Å². The number of carboxylic acid groups (broad SMARTS) is 1. The van der Waals surface area contributed by atoms with E-state index in [2.05, 4.69) is 17.2 Å². The van der Waals surface area contributed by atoms with Crippen LogP contribution in [-0.4, -0.2) is 35.5 Å². The maximum absolute atomic E-state index is 12.0. The summed E-state index contributed by atoms with van der Waals surface area (Å²) < 4.78 is 0. The van der Waals surface area contributed by atoms with Crippen LogP contribution in [0.2, 0.25) is 0 Å². The van der Waals surface area contributed by atoms with Gasteiger partial charge in [0.05, 0.1) is 0 Å². The van der Waals surface area contributed by atoms with Gasteiger partial charge in [-0.2, -0.15) is 0 Å². The number of aliphatic carboxylic acids is 1. The van der Waals surface area contributed by atoms with E-state index in [1.165, 1.54) is 6.42 Å². The van der Waals surface area contributed by atoms with Gasteiger partial charge in [0.1, 0.15) is 6.04 Å². The molecule has 134 valence electrons. The topological polar surface area (TPSA) is 95.5 Å². The molecule has 2 amide bonds. The van der Waals surface area contributed by atoms with Gasteiger partial charge in [0.15, 0.2) is 0 Å². The Hall–Kier alpha value is -2.11. The molecule has 0 spiro atoms. The number of carbonyl (C=O) groups is 3. The minimum absolute atomic E-state index is 0.130. The molecule has 0 aromatic rings. The summed E-state index contributed by atoms with van der Waals surface area (Å²) in [5.74, 6) is -1.51. The van der Waals surface area contributed by atoms with E-state index < -0.39 is 17.9 Å². The van der Waals surface area contributed by atoms with Gasteiger partial charge in [0.2, 0.25) is 5.91 Å². The van der Waals surface area contributed by atoms with E-state index >= 15 is 0 Å². The van der Waals surface area contributed by atoms with Crippen molar-refractivity contribution in [2.24, 2.45) is 5.92 Å². The zero-order chi connectivity index (χ0) is 18.1. The fourth-order valence-corrected chi connectivity index (χ4v) is 2.74. The first-order valence-corrected chi connectivity index (χ1v) is 8.47. The second kappa shape index (κ2) is 9.90. The molecule has 1 unspecified atom stereocenters. The SMILES string of the molecule is C=C(C(=O)NC(CNC(=O)CC1CCCCC1)C(=O)O)C(C)=CC. The number of amides is 2. The average molecular weight is 336 g/mol. The van der Waals surface area contributed by atoms with Crippen LogP contribution in [0.25, 0.3) is 0 Å². The summed E-state index contributed by atoms with van der Waals surface area (Å²) in [7, 11) is 0. The Morgan fingerprint density at radius 1 is 1.25 bits per heavy atom. The van der Waals surface area contributed by atoms with Gasteiger partial charge >= 0.3 is 5.97 Å². The van der Waals surface area contributed by atoms with Crippen molar-refractivity contribution in [1.29, 1.82) is 0 Å². The first-order chi connectivity index (χ1) is 11.3. The van der Waals surface area contributed by atoms with Crippen molar-refractivity contribution in [3.63, 3.8) is 0 Å². The van der Waals surface area contributed by atoms with Crippen LogP contribution in [0.15, 0.2) is 23.8 Å². The molecule has 1 atom stereocenters. The monoisotopic (exact) mass is 336 g/mol. The molecule has 3 N–H and O–H groups in total. The molecule has 0 radical (unpaired) electrons. The van der Waals surface area contributed by atoms with Gasteiger partial charge in [-0.05, 0) is 38.2 Å². The Labute approximate surface area is 143 Å². The van der Waals surface area contributed by atoms with Crippen LogP contribution in [0.3, 0.4) is 0 Å². The lowest BCUT2D eigenvalue weighted by Crippen LogP contribution is -2.49. The van der Waals surface area contributed by atoms with E-state index in [-0.39, 0.29) is 18.0 Å². The number of rotatable bonds is 8. The number of hydrogen-bond donors (Lipinski definition) is 3. The highest BCUT2D eigenvalue weighted by Gasteiger charge is 2.23. The van der Waals surface area contributed by atoms with E-state index in [1.807, 2.05) is 0 Å². The normalized spacial score (nSPS) is 17.0. The summed E-state index contributed by atoms with van der Waals surface area (Å²) >= 11 is 0. The highest BCUT2D eigenvalue weighted by molar-refractivity contribution is 5.99. The molecule has 0 heterocycles. The van der Waals surface area contributed by atoms with E-state index in [0.717, 1.165) is 25.7 Å². The lowest BCUT2D eigenvalue weighted by atomic mass is 9.87. The van der Waals surface area contributed by atoms with Crippen molar-refractivity contribution >= 4 is 17.8 Å². The molecule has 1 saturated carbocycles. The number of carbonyl (C=O) groups excluding carboxylic acids is 2. The fraction of sp³-hybridized carbons (Fsp3) is 0.611. The number of hydrogen-bond acceptors (Lipinski definition) is 3. The summed E-state index contributed by atoms with van der Waals surface area (Å²) in [6.45, 7) is 7.02. The van der Waals surface area contributed by atoms with Gasteiger partial charge in [-0.1, -0.05) is 31.9 Å². The number of nitrogens with one attached hydrogen (secondary N) is 2. The largest absolute Gasteiger partial charge is 0.480 e. The molecule has 1 rings (SSSR count). The predicted octanol–water partition coefficient (Wildman–Crippen LogP) is 2.16. The van der Waals surface area contributed by atoms with E-state index in [0.29, 0.717) is 17.9 Å². The maximum Gasteiger partial charge on any atom is 0.328 e. The minimum atomic E-state index is -1.19. The van der Waals surface area contributed by atoms with Crippen molar-refractivity contribution in [2.45, 2.75) is 58.4 Å². The van der Waals surface area contributed by atoms with Crippen LogP contribution in [0.5, 0.6) is 0 Å². The second-order valence-corrected chi connectivity index (χ2v) is 6.33. The van der Waals surface area contributed by atoms with Crippen LogP contribution in [-0.2, 0) is 14.4 Å². The quantitative estimate of drug-likeness (QED) is 0.467. The molecular formula is C18H28N2O4. The highest BCUT2D eigenvalue weighted by atomic mass is 16.4. The minimum Gasteiger partial charge on any atom is -0.480 e. The molecule has 1 aliphatic rings. The lowest BCUT2D eigenvalue weighted by molar-refractivity contribution is -0.141. The smallest absolute Gasteiger partial charge is 0.328 e. The van der Waals surface area contributed by atoms with Gasteiger partial charge in [-0.15, -0.1) is 0 Å². The van der Waals surface area contributed by atoms with Crippen molar-refractivity contribution in [3.8, 4) is 0 Å². The Morgan fingerprint density at radius 3 is 2.42 bits per heavy atom. The van der Waals surface area contributed by atoms with Crippen molar-refractivity contribution in [1.82, 2.24) is 10.6 Å². The van der Waals surface area contributed by atoms with Crippen molar-refractivity contribution < 1.29 is 19.5 Å². The van der Waals surface area contributed by atoms with Gasteiger partial charge in [-0.25, -0.2) is 4.79 Å². The van der Waals surface area contributed by atoms with Gasteiger partial charge < -0.3 is 15.7 Å². The number of carboxylic acids is 1. The zero-order valence-corrected chi connectivity index (χ0v) is 14.6. The molecule has 0 bridgehead atoms. The van der Waals surface area contributed by atoms with E-state index in [4.69, 9.17) is 0 Å². The predicted molar refractivity (Wildman–Crippen MR) is 92.3 cm³/mol. The molecular weight excluding hydrogens is 308 g/mol. The molecule has 0 aromatic carbocycles. The molecule has 0 aliphatic heterocycles. The Bertz CT molecular complexity index is 519. The van der Waals surface area contributed by atoms with Crippen molar-refractivity contribution in [2.75, 3.05) is 6.54 Å². The molecule has 0 saturated heterocycles. The first kappa shape index (κ1) is 19.9.